The van der Waals surface area contributed by atoms with Crippen molar-refractivity contribution in [1.29, 1.82) is 0 Å². The van der Waals surface area contributed by atoms with Gasteiger partial charge in [0.2, 0.25) is 5.88 Å². The largest absolute Gasteiger partial charge is 0.493 e. The van der Waals surface area contributed by atoms with Crippen molar-refractivity contribution < 1.29 is 5.11 Å². The van der Waals surface area contributed by atoms with E-state index in [0.717, 1.165) is 31.9 Å². The van der Waals surface area contributed by atoms with Crippen LogP contribution in [0.15, 0.2) is 58.0 Å². The van der Waals surface area contributed by atoms with Gasteiger partial charge in [0.25, 0.3) is 0 Å². The average molecular weight is 415 g/mol. The number of benzene rings is 2. The highest BCUT2D eigenvalue weighted by Crippen LogP contribution is 2.38. The fourth-order valence-corrected chi connectivity index (χ4v) is 4.26. The molecule has 1 aliphatic rings. The van der Waals surface area contributed by atoms with Crippen LogP contribution in [0.4, 0.5) is 5.69 Å². The van der Waals surface area contributed by atoms with Gasteiger partial charge in [-0.3, -0.25) is 9.56 Å². The van der Waals surface area contributed by atoms with Gasteiger partial charge >= 0.3 is 0 Å². The molecule has 4 rings (SSSR count). The number of aliphatic imine (C=N–C) groups is 1. The first-order valence-corrected chi connectivity index (χ1v) is 9.21. The van der Waals surface area contributed by atoms with E-state index in [9.17, 15) is 5.11 Å². The van der Waals surface area contributed by atoms with Crippen molar-refractivity contribution in [2.75, 3.05) is 0 Å². The highest BCUT2D eigenvalue weighted by Gasteiger charge is 2.16. The Bertz CT molecular complexity index is 1050. The van der Waals surface area contributed by atoms with Crippen molar-refractivity contribution in [1.82, 2.24) is 4.57 Å². The quantitative estimate of drug-likeness (QED) is 0.522. The van der Waals surface area contributed by atoms with Gasteiger partial charge < -0.3 is 5.11 Å². The summed E-state index contributed by atoms with van der Waals surface area (Å²) in [6.45, 7) is 0. The monoisotopic (exact) mass is 414 g/mol. The number of allylic oxidation sites excluding steroid dienone is 1. The highest BCUT2D eigenvalue weighted by molar-refractivity contribution is 9.10. The summed E-state index contributed by atoms with van der Waals surface area (Å²) in [6.07, 6.45) is 3.74. The summed E-state index contributed by atoms with van der Waals surface area (Å²) in [5.74, 6) is 0.153. The van der Waals surface area contributed by atoms with Crippen molar-refractivity contribution >= 4 is 63.0 Å². The summed E-state index contributed by atoms with van der Waals surface area (Å²) in [5, 5.41) is 10.6. The van der Waals surface area contributed by atoms with Gasteiger partial charge in [-0.1, -0.05) is 34.1 Å². The Morgan fingerprint density at radius 2 is 1.96 bits per heavy atom. The van der Waals surface area contributed by atoms with Gasteiger partial charge in [0.05, 0.1) is 16.3 Å². The summed E-state index contributed by atoms with van der Waals surface area (Å²) in [5.41, 5.74) is 3.77. The van der Waals surface area contributed by atoms with Crippen LogP contribution in [0.1, 0.15) is 10.4 Å². The molecule has 0 bridgehead atoms. The van der Waals surface area contributed by atoms with Crippen molar-refractivity contribution in [3.63, 3.8) is 0 Å². The van der Waals surface area contributed by atoms with Gasteiger partial charge in [-0.15, -0.1) is 11.3 Å². The smallest absolute Gasteiger partial charge is 0.215 e. The second-order valence-electron chi connectivity index (χ2n) is 5.25. The van der Waals surface area contributed by atoms with E-state index in [1.165, 1.54) is 11.3 Å². The molecule has 0 radical (unpaired) electrons. The van der Waals surface area contributed by atoms with E-state index in [1.54, 1.807) is 4.57 Å². The Hall–Kier alpha value is -2.02. The van der Waals surface area contributed by atoms with Gasteiger partial charge in [0.1, 0.15) is 0 Å². The van der Waals surface area contributed by atoms with Crippen LogP contribution in [0.2, 0.25) is 0 Å². The molecule has 0 saturated heterocycles. The molecule has 1 aliphatic heterocycles. The third-order valence-electron chi connectivity index (χ3n) is 3.73. The number of hydrogen-bond acceptors (Lipinski definition) is 4. The number of nitrogens with zero attached hydrogens (tertiary/aromatic N) is 2. The standard InChI is InChI=1S/C18H11BrN2OS2/c19-12-6-7-15-14(9-12)11(10-20-15)8-16-17(22)21(18(23)24-16)13-4-2-1-3-5-13/h1-10,22H. The van der Waals surface area contributed by atoms with Crippen LogP contribution in [0.5, 0.6) is 5.88 Å². The van der Waals surface area contributed by atoms with E-state index in [4.69, 9.17) is 12.2 Å². The van der Waals surface area contributed by atoms with Crippen molar-refractivity contribution in [3.8, 4) is 11.6 Å². The van der Waals surface area contributed by atoms with Crippen LogP contribution < -0.4 is 0 Å². The SMILES string of the molecule is Oc1c(C=C2C=Nc3ccc(Br)cc32)sc(=S)n1-c1ccccc1. The van der Waals surface area contributed by atoms with E-state index < -0.39 is 0 Å². The fourth-order valence-electron chi connectivity index (χ4n) is 2.60. The third kappa shape index (κ3) is 2.66. The van der Waals surface area contributed by atoms with E-state index in [2.05, 4.69) is 20.9 Å². The van der Waals surface area contributed by atoms with Crippen LogP contribution in [-0.2, 0) is 0 Å². The number of para-hydroxylation sites is 1. The highest BCUT2D eigenvalue weighted by atomic mass is 79.9. The van der Waals surface area contributed by atoms with Crippen molar-refractivity contribution in [3.05, 3.63) is 67.4 Å². The molecule has 6 heteroatoms. The second-order valence-corrected chi connectivity index (χ2v) is 7.84. The predicted molar refractivity (Wildman–Crippen MR) is 106 cm³/mol. The minimum atomic E-state index is 0.153. The lowest BCUT2D eigenvalue weighted by Gasteiger charge is -2.04. The molecule has 2 aromatic carbocycles. The molecule has 0 amide bonds. The van der Waals surface area contributed by atoms with Crippen molar-refractivity contribution in [2.45, 2.75) is 0 Å². The maximum Gasteiger partial charge on any atom is 0.215 e. The minimum absolute atomic E-state index is 0.153. The van der Waals surface area contributed by atoms with Crippen LogP contribution in [0.25, 0.3) is 17.3 Å². The minimum Gasteiger partial charge on any atom is -0.493 e. The molecule has 0 spiro atoms. The number of aromatic nitrogens is 1. The molecule has 0 saturated carbocycles. The summed E-state index contributed by atoms with van der Waals surface area (Å²) < 4.78 is 3.28. The number of rotatable bonds is 2. The van der Waals surface area contributed by atoms with E-state index in [1.807, 2.05) is 60.8 Å². The van der Waals surface area contributed by atoms with Gasteiger partial charge in [0.15, 0.2) is 3.95 Å². The Balaban J connectivity index is 1.83. The molecule has 1 N–H and O–H groups in total. The summed E-state index contributed by atoms with van der Waals surface area (Å²) >= 11 is 10.3. The fraction of sp³-hybridized carbons (Fsp3) is 0. The Labute approximate surface area is 156 Å². The molecule has 118 valence electrons. The van der Waals surface area contributed by atoms with Gasteiger partial charge in [0, 0.05) is 21.8 Å². The normalized spacial score (nSPS) is 14.3. The van der Waals surface area contributed by atoms with Gasteiger partial charge in [-0.25, -0.2) is 0 Å². The third-order valence-corrected chi connectivity index (χ3v) is 5.53. The zero-order valence-corrected chi connectivity index (χ0v) is 15.5. The number of hydrogen-bond donors (Lipinski definition) is 1. The molecular weight excluding hydrogens is 404 g/mol. The first-order valence-electron chi connectivity index (χ1n) is 7.19. The predicted octanol–water partition coefficient (Wildman–Crippen LogP) is 5.99. The molecule has 3 aromatic rings. The lowest BCUT2D eigenvalue weighted by atomic mass is 10.1. The first kappa shape index (κ1) is 15.5. The zero-order valence-electron chi connectivity index (χ0n) is 12.3. The molecule has 24 heavy (non-hydrogen) atoms. The lowest BCUT2D eigenvalue weighted by Crippen LogP contribution is -1.92. The van der Waals surface area contributed by atoms with Crippen LogP contribution in [0, 0.1) is 3.95 Å². The molecule has 0 aliphatic carbocycles. The van der Waals surface area contributed by atoms with Crippen LogP contribution in [-0.4, -0.2) is 15.9 Å². The summed E-state index contributed by atoms with van der Waals surface area (Å²) in [4.78, 5) is 5.13. The summed E-state index contributed by atoms with van der Waals surface area (Å²) in [7, 11) is 0. The van der Waals surface area contributed by atoms with Gasteiger partial charge in [-0.2, -0.15) is 0 Å². The number of fused-ring (bicyclic) bond motifs is 1. The topological polar surface area (TPSA) is 37.5 Å². The summed E-state index contributed by atoms with van der Waals surface area (Å²) in [6, 6.07) is 15.6. The van der Waals surface area contributed by atoms with Crippen molar-refractivity contribution in [2.24, 2.45) is 4.99 Å². The second kappa shape index (κ2) is 6.12. The maximum absolute atomic E-state index is 10.6. The number of aromatic hydroxyl groups is 1. The number of thiazole rings is 1. The molecule has 0 fully saturated rings. The molecule has 0 unspecified atom stereocenters. The molecule has 3 nitrogen and oxygen atoms in total. The first-order chi connectivity index (χ1) is 11.6. The molecule has 1 aromatic heterocycles. The van der Waals surface area contributed by atoms with Crippen LogP contribution in [0.3, 0.4) is 0 Å². The molecular formula is C18H11BrN2OS2. The van der Waals surface area contributed by atoms with E-state index >= 15 is 0 Å². The van der Waals surface area contributed by atoms with E-state index in [-0.39, 0.29) is 5.88 Å². The number of halogens is 1. The Kier molecular flexibility index (Phi) is 3.96. The molecule has 2 heterocycles. The Morgan fingerprint density at radius 3 is 2.75 bits per heavy atom. The lowest BCUT2D eigenvalue weighted by molar-refractivity contribution is 0.441. The molecule has 0 atom stereocenters. The Morgan fingerprint density at radius 1 is 1.17 bits per heavy atom. The van der Waals surface area contributed by atoms with Crippen LogP contribution >= 0.6 is 39.5 Å². The van der Waals surface area contributed by atoms with Gasteiger partial charge in [-0.05, 0) is 48.6 Å². The average Bonchev–Trinajstić information content (AvgIpc) is 3.09. The van der Waals surface area contributed by atoms with E-state index in [0.29, 0.717) is 3.95 Å². The maximum atomic E-state index is 10.6. The zero-order chi connectivity index (χ0) is 16.7.